The monoisotopic (exact) mass is 401 g/mol. The summed E-state index contributed by atoms with van der Waals surface area (Å²) < 4.78 is 5.49. The van der Waals surface area contributed by atoms with E-state index in [-0.39, 0.29) is 11.9 Å². The highest BCUT2D eigenvalue weighted by Crippen LogP contribution is 2.29. The molecule has 7 heteroatoms. The number of carbonyl (C=O) groups is 1. The number of nitrogens with one attached hydrogen (secondary N) is 3. The van der Waals surface area contributed by atoms with Gasteiger partial charge in [0.25, 0.3) is 5.91 Å². The van der Waals surface area contributed by atoms with Gasteiger partial charge in [-0.3, -0.25) is 4.79 Å². The highest BCUT2D eigenvalue weighted by Gasteiger charge is 2.30. The summed E-state index contributed by atoms with van der Waals surface area (Å²) in [4.78, 5) is 13.0. The van der Waals surface area contributed by atoms with Crippen LogP contribution in [0.15, 0.2) is 59.8 Å². The van der Waals surface area contributed by atoms with Crippen molar-refractivity contribution in [2.24, 2.45) is 0 Å². The number of benzene rings is 2. The Balaban J connectivity index is 1.90. The minimum absolute atomic E-state index is 0.226. The minimum Gasteiger partial charge on any atom is -0.494 e. The molecule has 0 unspecified atom stereocenters. The van der Waals surface area contributed by atoms with Gasteiger partial charge in [0.2, 0.25) is 0 Å². The number of carbonyl (C=O) groups excluding carboxylic acids is 1. The fourth-order valence-corrected chi connectivity index (χ4v) is 3.39. The van der Waals surface area contributed by atoms with Crippen molar-refractivity contribution in [3.63, 3.8) is 0 Å². The van der Waals surface area contributed by atoms with Crippen LogP contribution in [0.25, 0.3) is 0 Å². The molecule has 0 radical (unpaired) electrons. The summed E-state index contributed by atoms with van der Waals surface area (Å²) in [6.45, 7) is 4.37. The first-order valence-corrected chi connectivity index (χ1v) is 9.34. The van der Waals surface area contributed by atoms with Gasteiger partial charge >= 0.3 is 0 Å². The highest BCUT2D eigenvalue weighted by molar-refractivity contribution is 7.80. The zero-order valence-electron chi connectivity index (χ0n) is 15.0. The largest absolute Gasteiger partial charge is 0.494 e. The first-order chi connectivity index (χ1) is 13.0. The molecule has 140 valence electrons. The topological polar surface area (TPSA) is 62.4 Å². The molecule has 1 atom stereocenters. The molecular weight excluding hydrogens is 382 g/mol. The smallest absolute Gasteiger partial charge is 0.255 e. The van der Waals surface area contributed by atoms with Crippen LogP contribution in [0.4, 0.5) is 5.69 Å². The molecular formula is C20H20ClN3O2S. The van der Waals surface area contributed by atoms with Crippen molar-refractivity contribution in [2.45, 2.75) is 19.9 Å². The van der Waals surface area contributed by atoms with Gasteiger partial charge in [-0.05, 0) is 62.0 Å². The van der Waals surface area contributed by atoms with Crippen LogP contribution < -0.4 is 20.7 Å². The standard InChI is InChI=1S/C20H20ClN3O2S/c1-3-26-16-9-7-13(8-10-16)18-17(12(2)22-20(27)24-18)19(25)23-15-6-4-5-14(21)11-15/h4-11,18H,3H2,1-2H3,(H,23,25)(H2,22,24,27)/t18-/m0/s1. The molecule has 0 aliphatic carbocycles. The molecule has 0 bridgehead atoms. The first-order valence-electron chi connectivity index (χ1n) is 8.56. The van der Waals surface area contributed by atoms with E-state index >= 15 is 0 Å². The van der Waals surface area contributed by atoms with Crippen molar-refractivity contribution in [2.75, 3.05) is 11.9 Å². The SMILES string of the molecule is CCOc1ccc([C@@H]2NC(=S)NC(C)=C2C(=O)Nc2cccc(Cl)c2)cc1. The lowest BCUT2D eigenvalue weighted by molar-refractivity contribution is -0.113. The Hall–Kier alpha value is -2.57. The maximum Gasteiger partial charge on any atom is 0.255 e. The number of rotatable bonds is 5. The van der Waals surface area contributed by atoms with Crippen molar-refractivity contribution < 1.29 is 9.53 Å². The third kappa shape index (κ3) is 4.59. The average molecular weight is 402 g/mol. The Morgan fingerprint density at radius 1 is 1.26 bits per heavy atom. The van der Waals surface area contributed by atoms with Crippen LogP contribution in [0.5, 0.6) is 5.75 Å². The molecule has 2 aromatic carbocycles. The lowest BCUT2D eigenvalue weighted by Gasteiger charge is -2.30. The van der Waals surface area contributed by atoms with E-state index < -0.39 is 0 Å². The zero-order valence-corrected chi connectivity index (χ0v) is 16.6. The van der Waals surface area contributed by atoms with Gasteiger partial charge in [0, 0.05) is 16.4 Å². The lowest BCUT2D eigenvalue weighted by Crippen LogP contribution is -2.45. The van der Waals surface area contributed by atoms with E-state index in [1.165, 1.54) is 0 Å². The Bertz CT molecular complexity index is 896. The second-order valence-electron chi connectivity index (χ2n) is 6.04. The van der Waals surface area contributed by atoms with Gasteiger partial charge in [-0.2, -0.15) is 0 Å². The Labute approximate surface area is 168 Å². The Morgan fingerprint density at radius 3 is 2.67 bits per heavy atom. The molecule has 1 aliphatic heterocycles. The summed E-state index contributed by atoms with van der Waals surface area (Å²) in [7, 11) is 0. The van der Waals surface area contributed by atoms with E-state index in [1.807, 2.05) is 38.1 Å². The van der Waals surface area contributed by atoms with Crippen LogP contribution in [0, 0.1) is 0 Å². The van der Waals surface area contributed by atoms with Gasteiger partial charge in [-0.15, -0.1) is 0 Å². The summed E-state index contributed by atoms with van der Waals surface area (Å²) in [5, 5.41) is 10.1. The van der Waals surface area contributed by atoms with Gasteiger partial charge in [0.1, 0.15) is 5.75 Å². The number of allylic oxidation sites excluding steroid dienone is 1. The number of amides is 1. The van der Waals surface area contributed by atoms with Crippen molar-refractivity contribution in [1.82, 2.24) is 10.6 Å². The maximum absolute atomic E-state index is 13.0. The van der Waals surface area contributed by atoms with Crippen LogP contribution in [-0.2, 0) is 4.79 Å². The lowest BCUT2D eigenvalue weighted by atomic mass is 9.95. The molecule has 2 aromatic rings. The van der Waals surface area contributed by atoms with Crippen LogP contribution in [0.1, 0.15) is 25.5 Å². The third-order valence-corrected chi connectivity index (χ3v) is 4.58. The normalized spacial score (nSPS) is 16.4. The van der Waals surface area contributed by atoms with E-state index in [2.05, 4.69) is 16.0 Å². The summed E-state index contributed by atoms with van der Waals surface area (Å²) in [6, 6.07) is 14.3. The van der Waals surface area contributed by atoms with Crippen molar-refractivity contribution in [3.05, 3.63) is 70.4 Å². The third-order valence-electron chi connectivity index (χ3n) is 4.12. The van der Waals surface area contributed by atoms with Crippen LogP contribution in [0.2, 0.25) is 5.02 Å². The van der Waals surface area contributed by atoms with E-state index in [0.717, 1.165) is 11.3 Å². The predicted molar refractivity (Wildman–Crippen MR) is 112 cm³/mol. The van der Waals surface area contributed by atoms with Crippen LogP contribution >= 0.6 is 23.8 Å². The fraction of sp³-hybridized carbons (Fsp3) is 0.200. The van der Waals surface area contributed by atoms with Crippen LogP contribution in [0.3, 0.4) is 0 Å². The highest BCUT2D eigenvalue weighted by atomic mass is 35.5. The van der Waals surface area contributed by atoms with Crippen LogP contribution in [-0.4, -0.2) is 17.6 Å². The second kappa shape index (κ2) is 8.41. The molecule has 1 amide bonds. The number of halogens is 1. The number of ether oxygens (including phenoxy) is 1. The molecule has 3 N–H and O–H groups in total. The Morgan fingerprint density at radius 2 is 2.00 bits per heavy atom. The van der Waals surface area contributed by atoms with Gasteiger partial charge < -0.3 is 20.7 Å². The van der Waals surface area contributed by atoms with Gasteiger partial charge in [-0.1, -0.05) is 29.8 Å². The zero-order chi connectivity index (χ0) is 19.4. The van der Waals surface area contributed by atoms with Crippen molar-refractivity contribution in [3.8, 4) is 5.75 Å². The number of hydrogen-bond acceptors (Lipinski definition) is 3. The number of anilines is 1. The molecule has 0 saturated heterocycles. The van der Waals surface area contributed by atoms with Crippen molar-refractivity contribution >= 4 is 40.5 Å². The molecule has 27 heavy (non-hydrogen) atoms. The summed E-state index contributed by atoms with van der Waals surface area (Å²) >= 11 is 11.3. The molecule has 0 saturated carbocycles. The van der Waals surface area contributed by atoms with E-state index in [0.29, 0.717) is 33.7 Å². The fourth-order valence-electron chi connectivity index (χ4n) is 2.93. The molecule has 0 aromatic heterocycles. The first kappa shape index (κ1) is 19.2. The minimum atomic E-state index is -0.367. The molecule has 0 fully saturated rings. The van der Waals surface area contributed by atoms with Gasteiger partial charge in [0.05, 0.1) is 18.2 Å². The summed E-state index contributed by atoms with van der Waals surface area (Å²) in [5.41, 5.74) is 2.81. The van der Waals surface area contributed by atoms with Gasteiger partial charge in [0.15, 0.2) is 5.11 Å². The quantitative estimate of drug-likeness (QED) is 0.656. The second-order valence-corrected chi connectivity index (χ2v) is 6.88. The van der Waals surface area contributed by atoms with Gasteiger partial charge in [-0.25, -0.2) is 0 Å². The number of hydrogen-bond donors (Lipinski definition) is 3. The van der Waals surface area contributed by atoms with E-state index in [1.54, 1.807) is 24.3 Å². The molecule has 3 rings (SSSR count). The van der Waals surface area contributed by atoms with Crippen molar-refractivity contribution in [1.29, 1.82) is 0 Å². The Kier molecular flexibility index (Phi) is 5.98. The molecule has 1 aliphatic rings. The number of thiocarbonyl (C=S) groups is 1. The molecule has 1 heterocycles. The summed E-state index contributed by atoms with van der Waals surface area (Å²) in [5.74, 6) is 0.555. The van der Waals surface area contributed by atoms with E-state index in [4.69, 9.17) is 28.6 Å². The maximum atomic E-state index is 13.0. The average Bonchev–Trinajstić information content (AvgIpc) is 2.62. The van der Waals surface area contributed by atoms with E-state index in [9.17, 15) is 4.79 Å². The molecule has 0 spiro atoms. The summed E-state index contributed by atoms with van der Waals surface area (Å²) in [6.07, 6.45) is 0. The molecule has 5 nitrogen and oxygen atoms in total. The predicted octanol–water partition coefficient (Wildman–Crippen LogP) is 4.17.